The van der Waals surface area contributed by atoms with Crippen LogP contribution in [0.25, 0.3) is 10.2 Å². The number of likely N-dealkylation sites (tertiary alicyclic amines) is 1. The molecule has 1 aromatic heterocycles. The minimum absolute atomic E-state index is 0.521. The summed E-state index contributed by atoms with van der Waals surface area (Å²) in [6, 6.07) is 8.43. The van der Waals surface area contributed by atoms with E-state index < -0.39 is 0 Å². The second-order valence-corrected chi connectivity index (χ2v) is 9.53. The van der Waals surface area contributed by atoms with E-state index in [9.17, 15) is 0 Å². The van der Waals surface area contributed by atoms with E-state index in [1.165, 1.54) is 72.4 Å². The Morgan fingerprint density at radius 2 is 1.92 bits per heavy atom. The average molecular weight is 356 g/mol. The highest BCUT2D eigenvalue weighted by Crippen LogP contribution is 2.38. The van der Waals surface area contributed by atoms with Gasteiger partial charge in [0, 0.05) is 18.0 Å². The van der Waals surface area contributed by atoms with E-state index in [1.807, 2.05) is 11.3 Å². The number of thiazole rings is 1. The lowest BCUT2D eigenvalue weighted by Crippen LogP contribution is -2.34. The molecule has 2 atom stereocenters. The predicted octanol–water partition coefficient (Wildman–Crippen LogP) is 4.70. The maximum absolute atomic E-state index is 5.06. The number of hydrogen-bond acceptors (Lipinski definition) is 4. The summed E-state index contributed by atoms with van der Waals surface area (Å²) in [6.45, 7) is 6.04. The lowest BCUT2D eigenvalue weighted by Gasteiger charge is -2.30. The predicted molar refractivity (Wildman–Crippen MR) is 105 cm³/mol. The van der Waals surface area contributed by atoms with Crippen LogP contribution in [0.1, 0.15) is 68.0 Å². The van der Waals surface area contributed by atoms with Crippen LogP contribution in [0.15, 0.2) is 18.2 Å². The van der Waals surface area contributed by atoms with Crippen LogP contribution in [0.4, 0.5) is 0 Å². The topological polar surface area (TPSA) is 28.2 Å². The molecule has 5 rings (SSSR count). The summed E-state index contributed by atoms with van der Waals surface area (Å²) < 4.78 is 1.37. The van der Waals surface area contributed by atoms with Crippen molar-refractivity contribution >= 4 is 21.6 Å². The molecule has 3 nitrogen and oxygen atoms in total. The number of rotatable bonds is 3. The largest absolute Gasteiger partial charge is 0.310 e. The third-order valence-corrected chi connectivity index (χ3v) is 7.63. The van der Waals surface area contributed by atoms with Gasteiger partial charge >= 0.3 is 0 Å². The fraction of sp³-hybridized carbons (Fsp3) is 0.667. The van der Waals surface area contributed by atoms with Gasteiger partial charge in [-0.15, -0.1) is 11.3 Å². The number of hydrogen-bond donors (Lipinski definition) is 1. The van der Waals surface area contributed by atoms with Gasteiger partial charge < -0.3 is 10.2 Å². The summed E-state index contributed by atoms with van der Waals surface area (Å²) >= 11 is 1.93. The molecule has 3 fully saturated rings. The van der Waals surface area contributed by atoms with Crippen molar-refractivity contribution in [1.29, 1.82) is 0 Å². The maximum Gasteiger partial charge on any atom is 0.0970 e. The second-order valence-electron chi connectivity index (χ2n) is 8.46. The van der Waals surface area contributed by atoms with E-state index in [4.69, 9.17) is 4.98 Å². The minimum atomic E-state index is 0.521. The van der Waals surface area contributed by atoms with E-state index in [0.29, 0.717) is 12.0 Å². The first kappa shape index (κ1) is 16.2. The minimum Gasteiger partial charge on any atom is -0.310 e. The highest BCUT2D eigenvalue weighted by atomic mass is 32.1. The van der Waals surface area contributed by atoms with Gasteiger partial charge in [0.1, 0.15) is 0 Å². The zero-order valence-electron chi connectivity index (χ0n) is 15.2. The van der Waals surface area contributed by atoms with Crippen molar-refractivity contribution in [2.24, 2.45) is 5.92 Å². The molecule has 4 heteroatoms. The molecule has 3 aliphatic rings. The maximum atomic E-state index is 5.06. The third-order valence-electron chi connectivity index (χ3n) is 6.43. The SMILES string of the molecule is C[C@H]1CC[C@H](c2ccc3sc(C4CCN(C5CC5)CC4)nc3c2)NC1. The van der Waals surface area contributed by atoms with Crippen LogP contribution in [-0.4, -0.2) is 35.6 Å². The number of nitrogens with one attached hydrogen (secondary N) is 1. The molecule has 0 spiro atoms. The number of benzene rings is 1. The average Bonchev–Trinajstić information content (AvgIpc) is 3.41. The van der Waals surface area contributed by atoms with Crippen LogP contribution in [-0.2, 0) is 0 Å². The lowest BCUT2D eigenvalue weighted by molar-refractivity contribution is 0.203. The molecule has 0 bridgehead atoms. The molecular formula is C21H29N3S. The summed E-state index contributed by atoms with van der Waals surface area (Å²) in [5.41, 5.74) is 2.65. The Labute approximate surface area is 154 Å². The summed E-state index contributed by atoms with van der Waals surface area (Å²) in [4.78, 5) is 7.77. The molecular weight excluding hydrogens is 326 g/mol. The summed E-state index contributed by atoms with van der Waals surface area (Å²) in [5, 5.41) is 5.09. The molecule has 25 heavy (non-hydrogen) atoms. The van der Waals surface area contributed by atoms with Crippen molar-refractivity contribution in [2.75, 3.05) is 19.6 Å². The fourth-order valence-electron chi connectivity index (χ4n) is 4.59. The third kappa shape index (κ3) is 3.36. The Morgan fingerprint density at radius 1 is 1.08 bits per heavy atom. The van der Waals surface area contributed by atoms with Crippen LogP contribution in [0.2, 0.25) is 0 Å². The van der Waals surface area contributed by atoms with Crippen molar-refractivity contribution in [3.63, 3.8) is 0 Å². The summed E-state index contributed by atoms with van der Waals surface area (Å²) in [6.07, 6.45) is 8.04. The normalized spacial score (nSPS) is 29.3. The van der Waals surface area contributed by atoms with Crippen LogP contribution in [0.3, 0.4) is 0 Å². The first-order chi connectivity index (χ1) is 12.3. The lowest BCUT2D eigenvalue weighted by atomic mass is 9.92. The second kappa shape index (κ2) is 6.64. The van der Waals surface area contributed by atoms with Crippen LogP contribution in [0, 0.1) is 5.92 Å². The Morgan fingerprint density at radius 3 is 2.64 bits per heavy atom. The van der Waals surface area contributed by atoms with Crippen molar-refractivity contribution in [2.45, 2.75) is 63.5 Å². The molecule has 2 saturated heterocycles. The van der Waals surface area contributed by atoms with Crippen LogP contribution >= 0.6 is 11.3 Å². The molecule has 1 N–H and O–H groups in total. The molecule has 2 aromatic rings. The zero-order chi connectivity index (χ0) is 16.8. The van der Waals surface area contributed by atoms with Crippen LogP contribution in [0.5, 0.6) is 0 Å². The van der Waals surface area contributed by atoms with Crippen molar-refractivity contribution < 1.29 is 0 Å². The number of aromatic nitrogens is 1. The van der Waals surface area contributed by atoms with Gasteiger partial charge in [-0.2, -0.15) is 0 Å². The van der Waals surface area contributed by atoms with E-state index in [1.54, 1.807) is 0 Å². The molecule has 0 amide bonds. The van der Waals surface area contributed by atoms with E-state index in [2.05, 4.69) is 35.3 Å². The number of nitrogens with zero attached hydrogens (tertiary/aromatic N) is 2. The Balaban J connectivity index is 1.31. The fourth-order valence-corrected chi connectivity index (χ4v) is 5.71. The zero-order valence-corrected chi connectivity index (χ0v) is 16.0. The number of piperidine rings is 2. The van der Waals surface area contributed by atoms with Crippen LogP contribution < -0.4 is 5.32 Å². The first-order valence-corrected chi connectivity index (χ1v) is 11.0. The Hall–Kier alpha value is -0.970. The van der Waals surface area contributed by atoms with Gasteiger partial charge in [0.05, 0.1) is 15.2 Å². The highest BCUT2D eigenvalue weighted by molar-refractivity contribution is 7.18. The van der Waals surface area contributed by atoms with Gasteiger partial charge in [0.15, 0.2) is 0 Å². The monoisotopic (exact) mass is 355 g/mol. The molecule has 1 aliphatic carbocycles. The molecule has 2 aliphatic heterocycles. The molecule has 3 heterocycles. The van der Waals surface area contributed by atoms with Crippen molar-refractivity contribution in [3.8, 4) is 0 Å². The molecule has 0 unspecified atom stereocenters. The van der Waals surface area contributed by atoms with Crippen molar-refractivity contribution in [1.82, 2.24) is 15.2 Å². The summed E-state index contributed by atoms with van der Waals surface area (Å²) in [5.74, 6) is 1.50. The van der Waals surface area contributed by atoms with Gasteiger partial charge in [-0.3, -0.25) is 0 Å². The van der Waals surface area contributed by atoms with E-state index >= 15 is 0 Å². The quantitative estimate of drug-likeness (QED) is 0.865. The smallest absolute Gasteiger partial charge is 0.0970 e. The Kier molecular flexibility index (Phi) is 4.31. The van der Waals surface area contributed by atoms with Gasteiger partial charge in [-0.1, -0.05) is 13.0 Å². The molecule has 1 aromatic carbocycles. The molecule has 134 valence electrons. The van der Waals surface area contributed by atoms with E-state index in [0.717, 1.165) is 18.5 Å². The van der Waals surface area contributed by atoms with Gasteiger partial charge in [-0.05, 0) is 81.8 Å². The summed E-state index contributed by atoms with van der Waals surface area (Å²) in [7, 11) is 0. The number of fused-ring (bicyclic) bond motifs is 1. The van der Waals surface area contributed by atoms with Gasteiger partial charge in [-0.25, -0.2) is 4.98 Å². The first-order valence-electron chi connectivity index (χ1n) is 10.1. The standard InChI is InChI=1S/C21H29N3S/c1-14-2-6-18(22-13-14)16-3-7-20-19(12-16)23-21(25-20)15-8-10-24(11-9-15)17-4-5-17/h3,7,12,14-15,17-18,22H,2,4-6,8-11,13H2,1H3/t14-,18+/m0/s1. The van der Waals surface area contributed by atoms with E-state index in [-0.39, 0.29) is 0 Å². The molecule has 0 radical (unpaired) electrons. The van der Waals surface area contributed by atoms with Gasteiger partial charge in [0.2, 0.25) is 0 Å². The van der Waals surface area contributed by atoms with Gasteiger partial charge in [0.25, 0.3) is 0 Å². The molecule has 1 saturated carbocycles. The highest BCUT2D eigenvalue weighted by Gasteiger charge is 2.33. The van der Waals surface area contributed by atoms with Crippen molar-refractivity contribution in [3.05, 3.63) is 28.8 Å². The Bertz CT molecular complexity index is 735.